The molecule has 0 fully saturated rings. The van der Waals surface area contributed by atoms with Gasteiger partial charge in [-0.15, -0.1) is 11.3 Å². The summed E-state index contributed by atoms with van der Waals surface area (Å²) in [7, 11) is 0. The third kappa shape index (κ3) is 4.56. The standard InChI is InChI=1S/C17H23BrN2S/c1-4-19-11-14-7-8-15(18)10-17(14)20(13(2)3)12-16-6-5-9-21-16/h5-10,13,19H,4,11-12H2,1-3H3. The summed E-state index contributed by atoms with van der Waals surface area (Å²) in [6, 6.07) is 11.4. The molecule has 4 heteroatoms. The van der Waals surface area contributed by atoms with Gasteiger partial charge in [0.15, 0.2) is 0 Å². The molecule has 0 bridgehead atoms. The minimum Gasteiger partial charge on any atom is -0.364 e. The number of halogens is 1. The summed E-state index contributed by atoms with van der Waals surface area (Å²) in [6.45, 7) is 9.52. The molecule has 0 spiro atoms. The van der Waals surface area contributed by atoms with Gasteiger partial charge in [-0.25, -0.2) is 0 Å². The molecule has 114 valence electrons. The van der Waals surface area contributed by atoms with Crippen molar-refractivity contribution in [2.24, 2.45) is 0 Å². The zero-order chi connectivity index (χ0) is 15.2. The van der Waals surface area contributed by atoms with Crippen LogP contribution in [0.25, 0.3) is 0 Å². The highest BCUT2D eigenvalue weighted by molar-refractivity contribution is 9.10. The Morgan fingerprint density at radius 2 is 2.10 bits per heavy atom. The molecule has 1 N–H and O–H groups in total. The van der Waals surface area contributed by atoms with E-state index in [2.05, 4.69) is 82.6 Å². The lowest BCUT2D eigenvalue weighted by Gasteiger charge is -2.31. The molecule has 0 amide bonds. The average molecular weight is 367 g/mol. The normalized spacial score (nSPS) is 11.1. The molecule has 0 unspecified atom stereocenters. The Morgan fingerprint density at radius 1 is 1.29 bits per heavy atom. The molecule has 1 heterocycles. The van der Waals surface area contributed by atoms with Crippen molar-refractivity contribution in [3.05, 3.63) is 50.6 Å². The molecule has 21 heavy (non-hydrogen) atoms. The Balaban J connectivity index is 2.31. The van der Waals surface area contributed by atoms with E-state index in [0.717, 1.165) is 24.1 Å². The number of nitrogens with one attached hydrogen (secondary N) is 1. The van der Waals surface area contributed by atoms with Gasteiger partial charge in [0.25, 0.3) is 0 Å². The van der Waals surface area contributed by atoms with Crippen LogP contribution in [0, 0.1) is 0 Å². The lowest BCUT2D eigenvalue weighted by Crippen LogP contribution is -2.31. The van der Waals surface area contributed by atoms with Crippen LogP contribution in [0.4, 0.5) is 5.69 Å². The van der Waals surface area contributed by atoms with Crippen LogP contribution < -0.4 is 10.2 Å². The maximum atomic E-state index is 3.62. The molecule has 0 aliphatic rings. The zero-order valence-electron chi connectivity index (χ0n) is 12.9. The van der Waals surface area contributed by atoms with Crippen LogP contribution in [0.5, 0.6) is 0 Å². The number of rotatable bonds is 7. The maximum Gasteiger partial charge on any atom is 0.0525 e. The van der Waals surface area contributed by atoms with E-state index in [0.29, 0.717) is 6.04 Å². The quantitative estimate of drug-likeness (QED) is 0.738. The van der Waals surface area contributed by atoms with Gasteiger partial charge in [0.2, 0.25) is 0 Å². The molecule has 0 aliphatic heterocycles. The zero-order valence-corrected chi connectivity index (χ0v) is 15.3. The molecule has 1 aromatic carbocycles. The second-order valence-electron chi connectivity index (χ2n) is 5.35. The van der Waals surface area contributed by atoms with Crippen molar-refractivity contribution >= 4 is 33.0 Å². The van der Waals surface area contributed by atoms with Gasteiger partial charge >= 0.3 is 0 Å². The third-order valence-electron chi connectivity index (χ3n) is 3.45. The van der Waals surface area contributed by atoms with Crippen molar-refractivity contribution in [1.29, 1.82) is 0 Å². The molecule has 0 saturated heterocycles. The van der Waals surface area contributed by atoms with E-state index in [9.17, 15) is 0 Å². The topological polar surface area (TPSA) is 15.3 Å². The Bertz CT molecular complexity index is 552. The van der Waals surface area contributed by atoms with Crippen molar-refractivity contribution in [3.63, 3.8) is 0 Å². The number of hydrogen-bond donors (Lipinski definition) is 1. The van der Waals surface area contributed by atoms with E-state index in [4.69, 9.17) is 0 Å². The monoisotopic (exact) mass is 366 g/mol. The molecule has 0 aliphatic carbocycles. The summed E-state index contributed by atoms with van der Waals surface area (Å²) in [6.07, 6.45) is 0. The average Bonchev–Trinajstić information content (AvgIpc) is 2.96. The van der Waals surface area contributed by atoms with Gasteiger partial charge < -0.3 is 10.2 Å². The van der Waals surface area contributed by atoms with Crippen LogP contribution in [0.3, 0.4) is 0 Å². The Labute approximate surface area is 140 Å². The Kier molecular flexibility index (Phi) is 6.27. The van der Waals surface area contributed by atoms with Gasteiger partial charge in [0.05, 0.1) is 6.54 Å². The second-order valence-corrected chi connectivity index (χ2v) is 7.30. The lowest BCUT2D eigenvalue weighted by atomic mass is 10.1. The Morgan fingerprint density at radius 3 is 2.71 bits per heavy atom. The predicted octanol–water partition coefficient (Wildman–Crippen LogP) is 5.04. The molecular formula is C17H23BrN2S. The molecule has 2 rings (SSSR count). The van der Waals surface area contributed by atoms with Crippen LogP contribution in [0.1, 0.15) is 31.2 Å². The molecular weight excluding hydrogens is 344 g/mol. The molecule has 1 aromatic heterocycles. The van der Waals surface area contributed by atoms with Crippen LogP contribution in [0.15, 0.2) is 40.2 Å². The molecule has 0 atom stereocenters. The number of thiophene rings is 1. The molecule has 0 saturated carbocycles. The lowest BCUT2D eigenvalue weighted by molar-refractivity contribution is 0.671. The SMILES string of the molecule is CCNCc1ccc(Br)cc1N(Cc1cccs1)C(C)C. The molecule has 2 nitrogen and oxygen atoms in total. The first-order valence-corrected chi connectivity index (χ1v) is 9.07. The third-order valence-corrected chi connectivity index (χ3v) is 4.81. The van der Waals surface area contributed by atoms with Crippen LogP contribution in [-0.4, -0.2) is 12.6 Å². The van der Waals surface area contributed by atoms with E-state index in [1.807, 2.05) is 11.3 Å². The van der Waals surface area contributed by atoms with Crippen molar-refractivity contribution in [2.45, 2.75) is 39.9 Å². The predicted molar refractivity (Wildman–Crippen MR) is 97.2 cm³/mol. The minimum atomic E-state index is 0.460. The molecule has 0 radical (unpaired) electrons. The number of hydrogen-bond acceptors (Lipinski definition) is 3. The first kappa shape index (κ1) is 16.5. The van der Waals surface area contributed by atoms with E-state index >= 15 is 0 Å². The largest absolute Gasteiger partial charge is 0.364 e. The van der Waals surface area contributed by atoms with Crippen molar-refractivity contribution < 1.29 is 0 Å². The summed E-state index contributed by atoms with van der Waals surface area (Å²) in [4.78, 5) is 3.88. The van der Waals surface area contributed by atoms with E-state index < -0.39 is 0 Å². The number of benzene rings is 1. The first-order valence-electron chi connectivity index (χ1n) is 7.40. The highest BCUT2D eigenvalue weighted by Crippen LogP contribution is 2.29. The van der Waals surface area contributed by atoms with E-state index in [-0.39, 0.29) is 0 Å². The van der Waals surface area contributed by atoms with Gasteiger partial charge in [-0.2, -0.15) is 0 Å². The fourth-order valence-electron chi connectivity index (χ4n) is 2.33. The Hall–Kier alpha value is -0.840. The second kappa shape index (κ2) is 7.97. The number of anilines is 1. The first-order chi connectivity index (χ1) is 10.1. The minimum absolute atomic E-state index is 0.460. The van der Waals surface area contributed by atoms with Gasteiger partial charge in [-0.3, -0.25) is 0 Å². The fourth-order valence-corrected chi connectivity index (χ4v) is 3.38. The van der Waals surface area contributed by atoms with Gasteiger partial charge in [-0.1, -0.05) is 35.0 Å². The van der Waals surface area contributed by atoms with Crippen molar-refractivity contribution in [3.8, 4) is 0 Å². The van der Waals surface area contributed by atoms with Crippen molar-refractivity contribution in [1.82, 2.24) is 5.32 Å². The maximum absolute atomic E-state index is 3.62. The van der Waals surface area contributed by atoms with Crippen molar-refractivity contribution in [2.75, 3.05) is 11.4 Å². The van der Waals surface area contributed by atoms with Gasteiger partial charge in [0, 0.05) is 27.6 Å². The summed E-state index contributed by atoms with van der Waals surface area (Å²) < 4.78 is 1.13. The van der Waals surface area contributed by atoms with E-state index in [1.165, 1.54) is 16.1 Å². The van der Waals surface area contributed by atoms with E-state index in [1.54, 1.807) is 0 Å². The fraction of sp³-hybridized carbons (Fsp3) is 0.412. The smallest absolute Gasteiger partial charge is 0.0525 e. The summed E-state index contributed by atoms with van der Waals surface area (Å²) in [5.41, 5.74) is 2.67. The summed E-state index contributed by atoms with van der Waals surface area (Å²) in [5.74, 6) is 0. The van der Waals surface area contributed by atoms with Crippen LogP contribution in [0.2, 0.25) is 0 Å². The van der Waals surface area contributed by atoms with Gasteiger partial charge in [-0.05, 0) is 49.5 Å². The van der Waals surface area contributed by atoms with Crippen LogP contribution in [-0.2, 0) is 13.1 Å². The summed E-state index contributed by atoms with van der Waals surface area (Å²) in [5, 5.41) is 5.58. The van der Waals surface area contributed by atoms with Crippen LogP contribution >= 0.6 is 27.3 Å². The highest BCUT2D eigenvalue weighted by atomic mass is 79.9. The number of nitrogens with zero attached hydrogens (tertiary/aromatic N) is 1. The summed E-state index contributed by atoms with van der Waals surface area (Å²) >= 11 is 5.44. The molecule has 2 aromatic rings. The van der Waals surface area contributed by atoms with Gasteiger partial charge in [0.1, 0.15) is 0 Å². The highest BCUT2D eigenvalue weighted by Gasteiger charge is 2.16.